The standard InChI is InChI=1S/C22H24N4O2S/c1-5-6-7-17-24-19-18-16(25(2)3)12-13-23-21(18)29-20(19)22(27)26(17)14-8-10-15(28-4)11-9-14/h8-13H,5-7H2,1-4H3. The second kappa shape index (κ2) is 7.83. The lowest BCUT2D eigenvalue weighted by Gasteiger charge is -2.15. The van der Waals surface area contributed by atoms with Crippen molar-refractivity contribution < 1.29 is 4.74 Å². The Kier molecular flexibility index (Phi) is 5.24. The molecule has 0 fully saturated rings. The monoisotopic (exact) mass is 408 g/mol. The number of nitrogens with zero attached hydrogens (tertiary/aromatic N) is 4. The van der Waals surface area contributed by atoms with Crippen molar-refractivity contribution in [2.24, 2.45) is 0 Å². The lowest BCUT2D eigenvalue weighted by atomic mass is 10.2. The van der Waals surface area contributed by atoms with Crippen molar-refractivity contribution in [1.29, 1.82) is 0 Å². The van der Waals surface area contributed by atoms with Gasteiger partial charge in [0.1, 0.15) is 26.6 Å². The van der Waals surface area contributed by atoms with Crippen LogP contribution in [0.5, 0.6) is 5.75 Å². The van der Waals surface area contributed by atoms with E-state index in [1.54, 1.807) is 17.9 Å². The number of aromatic nitrogens is 3. The Morgan fingerprint density at radius 1 is 1.17 bits per heavy atom. The molecule has 0 saturated carbocycles. The van der Waals surface area contributed by atoms with E-state index in [2.05, 4.69) is 11.9 Å². The van der Waals surface area contributed by atoms with E-state index in [9.17, 15) is 4.79 Å². The van der Waals surface area contributed by atoms with E-state index in [0.29, 0.717) is 4.70 Å². The SMILES string of the molecule is CCCCc1nc2c(sc3nccc(N(C)C)c32)c(=O)n1-c1ccc(OC)cc1. The van der Waals surface area contributed by atoms with Gasteiger partial charge in [-0.1, -0.05) is 13.3 Å². The number of fused-ring (bicyclic) bond motifs is 3. The fourth-order valence-electron chi connectivity index (χ4n) is 3.51. The third-order valence-corrected chi connectivity index (χ3v) is 6.08. The normalized spacial score (nSPS) is 11.3. The van der Waals surface area contributed by atoms with Gasteiger partial charge in [0.25, 0.3) is 5.56 Å². The van der Waals surface area contributed by atoms with Crippen molar-refractivity contribution >= 4 is 37.5 Å². The highest BCUT2D eigenvalue weighted by Gasteiger charge is 2.20. The van der Waals surface area contributed by atoms with Gasteiger partial charge < -0.3 is 9.64 Å². The first-order valence-electron chi connectivity index (χ1n) is 9.70. The molecule has 0 spiro atoms. The Labute approximate surface area is 173 Å². The quantitative estimate of drug-likeness (QED) is 0.473. The number of methoxy groups -OCH3 is 1. The van der Waals surface area contributed by atoms with Gasteiger partial charge >= 0.3 is 0 Å². The number of aryl methyl sites for hydroxylation is 1. The molecule has 0 aliphatic carbocycles. The van der Waals surface area contributed by atoms with E-state index < -0.39 is 0 Å². The molecular formula is C22H24N4O2S. The fourth-order valence-corrected chi connectivity index (χ4v) is 4.55. The number of unbranched alkanes of at least 4 members (excludes halogenated alkanes) is 1. The molecule has 0 atom stereocenters. The van der Waals surface area contributed by atoms with Crippen LogP contribution in [0.25, 0.3) is 26.1 Å². The number of hydrogen-bond donors (Lipinski definition) is 0. The fraction of sp³-hybridized carbons (Fsp3) is 0.318. The largest absolute Gasteiger partial charge is 0.497 e. The highest BCUT2D eigenvalue weighted by atomic mass is 32.1. The summed E-state index contributed by atoms with van der Waals surface area (Å²) in [4.78, 5) is 26.0. The van der Waals surface area contributed by atoms with Crippen LogP contribution < -0.4 is 15.2 Å². The van der Waals surface area contributed by atoms with Crippen LogP contribution in [0.4, 0.5) is 5.69 Å². The first-order chi connectivity index (χ1) is 14.0. The van der Waals surface area contributed by atoms with Gasteiger partial charge in [-0.15, -0.1) is 11.3 Å². The topological polar surface area (TPSA) is 60.2 Å². The van der Waals surface area contributed by atoms with Crippen LogP contribution >= 0.6 is 11.3 Å². The number of pyridine rings is 1. The van der Waals surface area contributed by atoms with Gasteiger partial charge in [-0.05, 0) is 36.8 Å². The Hall–Kier alpha value is -2.93. The van der Waals surface area contributed by atoms with Gasteiger partial charge in [-0.2, -0.15) is 0 Å². The Balaban J connectivity index is 2.04. The molecule has 4 rings (SSSR count). The summed E-state index contributed by atoms with van der Waals surface area (Å²) in [5.74, 6) is 1.54. The molecule has 7 heteroatoms. The molecule has 150 valence electrons. The van der Waals surface area contributed by atoms with E-state index in [1.807, 2.05) is 49.3 Å². The first kappa shape index (κ1) is 19.4. The van der Waals surface area contributed by atoms with Crippen LogP contribution in [0, 0.1) is 0 Å². The molecule has 0 aliphatic heterocycles. The number of hydrogen-bond acceptors (Lipinski definition) is 6. The molecule has 29 heavy (non-hydrogen) atoms. The minimum atomic E-state index is -0.0426. The summed E-state index contributed by atoms with van der Waals surface area (Å²) >= 11 is 1.41. The lowest BCUT2D eigenvalue weighted by Crippen LogP contribution is -2.23. The number of rotatable bonds is 6. The van der Waals surface area contributed by atoms with Gasteiger partial charge in [0, 0.05) is 26.7 Å². The summed E-state index contributed by atoms with van der Waals surface area (Å²) in [6.07, 6.45) is 4.52. The maximum absolute atomic E-state index is 13.6. The van der Waals surface area contributed by atoms with Crippen molar-refractivity contribution in [2.45, 2.75) is 26.2 Å². The third-order valence-electron chi connectivity index (χ3n) is 5.01. The maximum Gasteiger partial charge on any atom is 0.276 e. The summed E-state index contributed by atoms with van der Waals surface area (Å²) in [5, 5.41) is 0.953. The van der Waals surface area contributed by atoms with E-state index in [1.165, 1.54) is 11.3 Å². The summed E-state index contributed by atoms with van der Waals surface area (Å²) in [5.41, 5.74) is 2.54. The molecule has 3 heterocycles. The second-order valence-electron chi connectivity index (χ2n) is 7.15. The highest BCUT2D eigenvalue weighted by molar-refractivity contribution is 7.25. The molecule has 0 saturated heterocycles. The molecule has 3 aromatic heterocycles. The van der Waals surface area contributed by atoms with Crippen molar-refractivity contribution in [2.75, 3.05) is 26.1 Å². The Morgan fingerprint density at radius 2 is 1.93 bits per heavy atom. The highest BCUT2D eigenvalue weighted by Crippen LogP contribution is 2.35. The minimum Gasteiger partial charge on any atom is -0.497 e. The van der Waals surface area contributed by atoms with Crippen molar-refractivity contribution in [3.05, 3.63) is 52.7 Å². The molecule has 0 bridgehead atoms. The zero-order chi connectivity index (χ0) is 20.5. The molecule has 0 unspecified atom stereocenters. The summed E-state index contributed by atoms with van der Waals surface area (Å²) in [6.45, 7) is 2.14. The number of anilines is 1. The van der Waals surface area contributed by atoms with Crippen LogP contribution in [0.2, 0.25) is 0 Å². The average Bonchev–Trinajstić information content (AvgIpc) is 3.11. The summed E-state index contributed by atoms with van der Waals surface area (Å²) in [6, 6.07) is 9.51. The Morgan fingerprint density at radius 3 is 2.59 bits per heavy atom. The molecule has 0 amide bonds. The third kappa shape index (κ3) is 3.35. The van der Waals surface area contributed by atoms with E-state index in [0.717, 1.165) is 57.9 Å². The first-order valence-corrected chi connectivity index (χ1v) is 10.5. The van der Waals surface area contributed by atoms with Crippen molar-refractivity contribution in [3.63, 3.8) is 0 Å². The van der Waals surface area contributed by atoms with Crippen LogP contribution in [-0.4, -0.2) is 35.7 Å². The smallest absolute Gasteiger partial charge is 0.276 e. The summed E-state index contributed by atoms with van der Waals surface area (Å²) in [7, 11) is 5.62. The maximum atomic E-state index is 13.6. The van der Waals surface area contributed by atoms with Crippen molar-refractivity contribution in [1.82, 2.24) is 14.5 Å². The van der Waals surface area contributed by atoms with Crippen LogP contribution in [0.15, 0.2) is 41.3 Å². The van der Waals surface area contributed by atoms with Crippen LogP contribution in [0.3, 0.4) is 0 Å². The Bertz CT molecular complexity index is 1230. The molecule has 0 radical (unpaired) electrons. The number of thiophene rings is 1. The lowest BCUT2D eigenvalue weighted by molar-refractivity contribution is 0.414. The zero-order valence-electron chi connectivity index (χ0n) is 17.1. The molecular weight excluding hydrogens is 384 g/mol. The average molecular weight is 409 g/mol. The van der Waals surface area contributed by atoms with Crippen LogP contribution in [-0.2, 0) is 6.42 Å². The van der Waals surface area contributed by atoms with Gasteiger partial charge in [0.2, 0.25) is 0 Å². The minimum absolute atomic E-state index is 0.0426. The van der Waals surface area contributed by atoms with Crippen LogP contribution in [0.1, 0.15) is 25.6 Å². The predicted molar refractivity (Wildman–Crippen MR) is 120 cm³/mol. The predicted octanol–water partition coefficient (Wildman–Crippen LogP) is 4.41. The van der Waals surface area contributed by atoms with E-state index in [-0.39, 0.29) is 5.56 Å². The second-order valence-corrected chi connectivity index (χ2v) is 8.15. The molecule has 6 nitrogen and oxygen atoms in total. The van der Waals surface area contributed by atoms with E-state index >= 15 is 0 Å². The van der Waals surface area contributed by atoms with Gasteiger partial charge in [-0.25, -0.2) is 9.97 Å². The number of benzene rings is 1. The summed E-state index contributed by atoms with van der Waals surface area (Å²) < 4.78 is 7.64. The van der Waals surface area contributed by atoms with Gasteiger partial charge in [0.15, 0.2) is 0 Å². The van der Waals surface area contributed by atoms with E-state index in [4.69, 9.17) is 9.72 Å². The zero-order valence-corrected chi connectivity index (χ0v) is 17.9. The van der Waals surface area contributed by atoms with Crippen molar-refractivity contribution in [3.8, 4) is 11.4 Å². The van der Waals surface area contributed by atoms with Gasteiger partial charge in [-0.3, -0.25) is 9.36 Å². The molecule has 1 aromatic carbocycles. The molecule has 0 aliphatic rings. The van der Waals surface area contributed by atoms with Gasteiger partial charge in [0.05, 0.1) is 23.9 Å². The molecule has 0 N–H and O–H groups in total. The number of ether oxygens (including phenoxy) is 1. The molecule has 4 aromatic rings.